The normalized spacial score (nSPS) is 11.7. The van der Waals surface area contributed by atoms with E-state index in [4.69, 9.17) is 0 Å². The van der Waals surface area contributed by atoms with Crippen LogP contribution in [0.4, 0.5) is 0 Å². The highest BCUT2D eigenvalue weighted by Gasteiger charge is 2.16. The summed E-state index contributed by atoms with van der Waals surface area (Å²) in [7, 11) is 1.25. The largest absolute Gasteiger partial charge is 0.465 e. The number of ketones is 1. The van der Waals surface area contributed by atoms with E-state index in [2.05, 4.69) is 10.1 Å². The van der Waals surface area contributed by atoms with Gasteiger partial charge in [0.2, 0.25) is 0 Å². The first kappa shape index (κ1) is 16.5. The number of hydrogen-bond acceptors (Lipinski definition) is 4. The number of ether oxygens (including phenoxy) is 1. The number of methoxy groups -OCH3 is 1. The highest BCUT2D eigenvalue weighted by Crippen LogP contribution is 2.16. The SMILES string of the molecule is CCN/C=C(/C(=O)/C=C/c1ccc2ccccc2c1)C(=O)OC. The Balaban J connectivity index is 2.21. The third-order valence-corrected chi connectivity index (χ3v) is 3.32. The summed E-state index contributed by atoms with van der Waals surface area (Å²) in [5.74, 6) is -1.05. The van der Waals surface area contributed by atoms with E-state index in [9.17, 15) is 9.59 Å². The number of hydrogen-bond donors (Lipinski definition) is 1. The monoisotopic (exact) mass is 309 g/mol. The quantitative estimate of drug-likeness (QED) is 0.385. The molecule has 2 aromatic carbocycles. The minimum atomic E-state index is -0.654. The molecule has 0 fully saturated rings. The first-order chi connectivity index (χ1) is 11.2. The van der Waals surface area contributed by atoms with Crippen LogP contribution in [0.2, 0.25) is 0 Å². The zero-order valence-electron chi connectivity index (χ0n) is 13.2. The van der Waals surface area contributed by atoms with Crippen LogP contribution in [-0.4, -0.2) is 25.4 Å². The Morgan fingerprint density at radius 2 is 1.87 bits per heavy atom. The first-order valence-corrected chi connectivity index (χ1v) is 7.38. The van der Waals surface area contributed by atoms with Crippen molar-refractivity contribution in [3.05, 3.63) is 65.9 Å². The minimum Gasteiger partial charge on any atom is -0.465 e. The highest BCUT2D eigenvalue weighted by atomic mass is 16.5. The summed E-state index contributed by atoms with van der Waals surface area (Å²) < 4.78 is 4.64. The molecule has 118 valence electrons. The number of esters is 1. The molecule has 0 saturated carbocycles. The molecule has 0 aliphatic carbocycles. The van der Waals surface area contributed by atoms with Gasteiger partial charge in [-0.15, -0.1) is 0 Å². The van der Waals surface area contributed by atoms with Crippen molar-refractivity contribution >= 4 is 28.6 Å². The van der Waals surface area contributed by atoms with Crippen molar-refractivity contribution < 1.29 is 14.3 Å². The molecule has 0 atom stereocenters. The molecular formula is C19H19NO3. The van der Waals surface area contributed by atoms with Crippen LogP contribution in [0, 0.1) is 0 Å². The second-order valence-electron chi connectivity index (χ2n) is 4.91. The number of rotatable bonds is 6. The van der Waals surface area contributed by atoms with Crippen LogP contribution in [0.5, 0.6) is 0 Å². The standard InChI is InChI=1S/C19H19NO3/c1-3-20-13-17(19(22)23-2)18(21)11-9-14-8-10-15-6-4-5-7-16(15)12-14/h4-13,20H,3H2,1-2H3/b11-9+,17-13-. The van der Waals surface area contributed by atoms with E-state index in [-0.39, 0.29) is 5.57 Å². The van der Waals surface area contributed by atoms with Crippen LogP contribution in [0.3, 0.4) is 0 Å². The Bertz CT molecular complexity index is 775. The third kappa shape index (κ3) is 4.30. The molecule has 0 aliphatic heterocycles. The summed E-state index contributed by atoms with van der Waals surface area (Å²) in [4.78, 5) is 23.9. The molecule has 0 unspecified atom stereocenters. The molecule has 0 amide bonds. The molecule has 4 nitrogen and oxygen atoms in total. The van der Waals surface area contributed by atoms with Crippen LogP contribution >= 0.6 is 0 Å². The van der Waals surface area contributed by atoms with Gasteiger partial charge in [-0.3, -0.25) is 4.79 Å². The van der Waals surface area contributed by atoms with Gasteiger partial charge in [-0.2, -0.15) is 0 Å². The topological polar surface area (TPSA) is 55.4 Å². The van der Waals surface area contributed by atoms with Crippen molar-refractivity contribution in [2.24, 2.45) is 0 Å². The van der Waals surface area contributed by atoms with Gasteiger partial charge in [-0.25, -0.2) is 4.79 Å². The number of benzene rings is 2. The van der Waals surface area contributed by atoms with Crippen molar-refractivity contribution in [1.82, 2.24) is 5.32 Å². The van der Waals surface area contributed by atoms with Crippen LogP contribution in [0.15, 0.2) is 60.3 Å². The van der Waals surface area contributed by atoms with Crippen molar-refractivity contribution in [3.63, 3.8) is 0 Å². The zero-order chi connectivity index (χ0) is 16.7. The van der Waals surface area contributed by atoms with Gasteiger partial charge in [0.15, 0.2) is 5.78 Å². The van der Waals surface area contributed by atoms with E-state index in [0.29, 0.717) is 6.54 Å². The van der Waals surface area contributed by atoms with Gasteiger partial charge in [-0.05, 0) is 35.4 Å². The molecule has 0 aliphatic rings. The maximum Gasteiger partial charge on any atom is 0.343 e. The summed E-state index contributed by atoms with van der Waals surface area (Å²) in [6, 6.07) is 13.9. The lowest BCUT2D eigenvalue weighted by atomic mass is 10.1. The number of fused-ring (bicyclic) bond motifs is 1. The fraction of sp³-hybridized carbons (Fsp3) is 0.158. The summed E-state index contributed by atoms with van der Waals surface area (Å²) in [6.45, 7) is 2.49. The molecule has 0 heterocycles. The van der Waals surface area contributed by atoms with Crippen molar-refractivity contribution in [2.45, 2.75) is 6.92 Å². The molecule has 0 saturated heterocycles. The van der Waals surface area contributed by atoms with E-state index in [0.717, 1.165) is 16.3 Å². The van der Waals surface area contributed by atoms with Crippen LogP contribution in [-0.2, 0) is 14.3 Å². The molecular weight excluding hydrogens is 290 g/mol. The fourth-order valence-corrected chi connectivity index (χ4v) is 2.12. The first-order valence-electron chi connectivity index (χ1n) is 7.38. The molecule has 2 aromatic rings. The van der Waals surface area contributed by atoms with Gasteiger partial charge in [0.05, 0.1) is 7.11 Å². The molecule has 23 heavy (non-hydrogen) atoms. The van der Waals surface area contributed by atoms with E-state index in [1.807, 2.05) is 49.4 Å². The van der Waals surface area contributed by atoms with Crippen LogP contribution < -0.4 is 5.32 Å². The van der Waals surface area contributed by atoms with Gasteiger partial charge in [0.25, 0.3) is 0 Å². The van der Waals surface area contributed by atoms with E-state index in [1.165, 1.54) is 19.4 Å². The number of nitrogens with one attached hydrogen (secondary N) is 1. The van der Waals surface area contributed by atoms with Gasteiger partial charge in [0.1, 0.15) is 5.57 Å². The summed E-state index contributed by atoms with van der Waals surface area (Å²) in [5, 5.41) is 5.08. The minimum absolute atomic E-state index is 0.0219. The highest BCUT2D eigenvalue weighted by molar-refractivity contribution is 6.22. The zero-order valence-corrected chi connectivity index (χ0v) is 13.2. The Morgan fingerprint density at radius 1 is 1.13 bits per heavy atom. The van der Waals surface area contributed by atoms with Gasteiger partial charge in [0, 0.05) is 12.7 Å². The van der Waals surface area contributed by atoms with Gasteiger partial charge in [-0.1, -0.05) is 42.5 Å². The molecule has 1 N–H and O–H groups in total. The Kier molecular flexibility index (Phi) is 5.69. The lowest BCUT2D eigenvalue weighted by Gasteiger charge is -2.03. The Morgan fingerprint density at radius 3 is 2.57 bits per heavy atom. The van der Waals surface area contributed by atoms with E-state index < -0.39 is 11.8 Å². The third-order valence-electron chi connectivity index (χ3n) is 3.32. The van der Waals surface area contributed by atoms with Crippen molar-refractivity contribution in [3.8, 4) is 0 Å². The average Bonchev–Trinajstić information content (AvgIpc) is 2.59. The summed E-state index contributed by atoms with van der Waals surface area (Å²) in [6.07, 6.45) is 4.46. The Hall–Kier alpha value is -2.88. The van der Waals surface area contributed by atoms with E-state index in [1.54, 1.807) is 6.08 Å². The van der Waals surface area contributed by atoms with Crippen LogP contribution in [0.1, 0.15) is 12.5 Å². The Labute approximate surface area is 135 Å². The lowest BCUT2D eigenvalue weighted by molar-refractivity contribution is -0.137. The van der Waals surface area contributed by atoms with Crippen molar-refractivity contribution in [2.75, 3.05) is 13.7 Å². The molecule has 0 spiro atoms. The molecule has 0 aromatic heterocycles. The number of carbonyl (C=O) groups excluding carboxylic acids is 2. The smallest absolute Gasteiger partial charge is 0.343 e. The maximum absolute atomic E-state index is 12.2. The van der Waals surface area contributed by atoms with Crippen LogP contribution in [0.25, 0.3) is 16.8 Å². The number of allylic oxidation sites excluding steroid dienone is 1. The number of carbonyl (C=O) groups is 2. The van der Waals surface area contributed by atoms with Crippen molar-refractivity contribution in [1.29, 1.82) is 0 Å². The lowest BCUT2D eigenvalue weighted by Crippen LogP contribution is -2.17. The predicted octanol–water partition coefficient (Wildman–Crippen LogP) is 3.09. The molecule has 0 bridgehead atoms. The fourth-order valence-electron chi connectivity index (χ4n) is 2.12. The molecule has 0 radical (unpaired) electrons. The second-order valence-corrected chi connectivity index (χ2v) is 4.91. The molecule has 2 rings (SSSR count). The van der Waals surface area contributed by atoms with E-state index >= 15 is 0 Å². The van der Waals surface area contributed by atoms with Gasteiger partial charge < -0.3 is 10.1 Å². The van der Waals surface area contributed by atoms with Gasteiger partial charge >= 0.3 is 5.97 Å². The second kappa shape index (κ2) is 7.94. The predicted molar refractivity (Wildman–Crippen MR) is 91.8 cm³/mol. The summed E-state index contributed by atoms with van der Waals surface area (Å²) in [5.41, 5.74) is 0.871. The average molecular weight is 309 g/mol. The maximum atomic E-state index is 12.2. The summed E-state index contributed by atoms with van der Waals surface area (Å²) >= 11 is 0. The molecule has 4 heteroatoms.